The molecule has 0 unspecified atom stereocenters. The summed E-state index contributed by atoms with van der Waals surface area (Å²) in [6.45, 7) is 5.96. The maximum atomic E-state index is 14.1. The molecule has 0 radical (unpaired) electrons. The molecule has 0 aliphatic heterocycles. The molecule has 0 fully saturated rings. The van der Waals surface area contributed by atoms with E-state index in [1.165, 1.54) is 13.2 Å². The highest BCUT2D eigenvalue weighted by Gasteiger charge is 2.19. The number of nitrogens with zero attached hydrogens (tertiary/aromatic N) is 1. The molecular formula is C18H24FN3O3. The van der Waals surface area contributed by atoms with Crippen molar-refractivity contribution in [2.75, 3.05) is 7.11 Å². The third-order valence-corrected chi connectivity index (χ3v) is 4.05. The van der Waals surface area contributed by atoms with Crippen molar-refractivity contribution in [3.63, 3.8) is 0 Å². The highest BCUT2D eigenvalue weighted by Crippen LogP contribution is 2.27. The van der Waals surface area contributed by atoms with Crippen molar-refractivity contribution >= 4 is 6.03 Å². The number of nitrogens with one attached hydrogen (secondary N) is 2. The second-order valence-electron chi connectivity index (χ2n) is 5.64. The van der Waals surface area contributed by atoms with Gasteiger partial charge >= 0.3 is 6.03 Å². The molecule has 1 atom stereocenters. The van der Waals surface area contributed by atoms with Crippen LogP contribution in [0.15, 0.2) is 22.7 Å². The standard InChI is InChI=1S/C18H24FN3O3/c1-5-14-12(15(6-2)25-22-14)10-20-18(23)21-11(3)17-13(19)8-7-9-16(17)24-4/h7-9,11H,5-6,10H2,1-4H3,(H2,20,21,23)/t11-/m1/s1. The number of aromatic nitrogens is 1. The minimum atomic E-state index is -0.546. The average Bonchev–Trinajstić information content (AvgIpc) is 3.01. The van der Waals surface area contributed by atoms with Crippen LogP contribution in [0.1, 0.15) is 49.4 Å². The van der Waals surface area contributed by atoms with Crippen molar-refractivity contribution in [2.24, 2.45) is 0 Å². The predicted molar refractivity (Wildman–Crippen MR) is 92.0 cm³/mol. The van der Waals surface area contributed by atoms with Crippen molar-refractivity contribution < 1.29 is 18.4 Å². The van der Waals surface area contributed by atoms with Crippen molar-refractivity contribution in [1.82, 2.24) is 15.8 Å². The molecule has 1 aromatic heterocycles. The van der Waals surface area contributed by atoms with Crippen LogP contribution in [0.4, 0.5) is 9.18 Å². The molecule has 1 heterocycles. The van der Waals surface area contributed by atoms with E-state index in [2.05, 4.69) is 15.8 Å². The lowest BCUT2D eigenvalue weighted by atomic mass is 10.1. The van der Waals surface area contributed by atoms with Gasteiger partial charge in [0.05, 0.1) is 24.4 Å². The molecule has 0 saturated heterocycles. The van der Waals surface area contributed by atoms with E-state index in [9.17, 15) is 9.18 Å². The van der Waals surface area contributed by atoms with Gasteiger partial charge in [0.2, 0.25) is 0 Å². The van der Waals surface area contributed by atoms with Gasteiger partial charge in [-0.3, -0.25) is 0 Å². The van der Waals surface area contributed by atoms with E-state index in [0.717, 1.165) is 23.4 Å². The lowest BCUT2D eigenvalue weighted by molar-refractivity contribution is 0.237. The lowest BCUT2D eigenvalue weighted by Gasteiger charge is -2.18. The van der Waals surface area contributed by atoms with Crippen LogP contribution in [-0.4, -0.2) is 18.3 Å². The molecule has 0 aliphatic rings. The van der Waals surface area contributed by atoms with Crippen molar-refractivity contribution in [2.45, 2.75) is 46.2 Å². The minimum absolute atomic E-state index is 0.308. The van der Waals surface area contributed by atoms with Gasteiger partial charge in [-0.1, -0.05) is 25.1 Å². The molecule has 0 aliphatic carbocycles. The quantitative estimate of drug-likeness (QED) is 0.802. The molecule has 2 N–H and O–H groups in total. The average molecular weight is 349 g/mol. The van der Waals surface area contributed by atoms with Gasteiger partial charge in [0.25, 0.3) is 0 Å². The summed E-state index contributed by atoms with van der Waals surface area (Å²) in [5, 5.41) is 9.52. The molecule has 25 heavy (non-hydrogen) atoms. The molecule has 2 amide bonds. The number of amides is 2. The van der Waals surface area contributed by atoms with Crippen LogP contribution in [0.3, 0.4) is 0 Å². The zero-order valence-electron chi connectivity index (χ0n) is 15.0. The van der Waals surface area contributed by atoms with Crippen LogP contribution in [-0.2, 0) is 19.4 Å². The van der Waals surface area contributed by atoms with Crippen LogP contribution in [0.2, 0.25) is 0 Å². The van der Waals surface area contributed by atoms with Gasteiger partial charge < -0.3 is 19.9 Å². The van der Waals surface area contributed by atoms with Gasteiger partial charge in [0, 0.05) is 18.5 Å². The maximum Gasteiger partial charge on any atom is 0.315 e. The number of urea groups is 1. The summed E-state index contributed by atoms with van der Waals surface area (Å²) >= 11 is 0. The lowest BCUT2D eigenvalue weighted by Crippen LogP contribution is -2.37. The molecule has 136 valence electrons. The topological polar surface area (TPSA) is 76.4 Å². The Balaban J connectivity index is 2.03. The Morgan fingerprint density at radius 2 is 2.12 bits per heavy atom. The van der Waals surface area contributed by atoms with Crippen LogP contribution in [0, 0.1) is 5.82 Å². The van der Waals surface area contributed by atoms with Gasteiger partial charge in [-0.25, -0.2) is 9.18 Å². The molecule has 0 spiro atoms. The number of hydrogen-bond donors (Lipinski definition) is 2. The second-order valence-corrected chi connectivity index (χ2v) is 5.64. The number of benzene rings is 1. The summed E-state index contributed by atoms with van der Waals surface area (Å²) in [5.41, 5.74) is 2.05. The van der Waals surface area contributed by atoms with E-state index in [1.807, 2.05) is 13.8 Å². The van der Waals surface area contributed by atoms with E-state index in [4.69, 9.17) is 9.26 Å². The fourth-order valence-corrected chi connectivity index (χ4v) is 2.74. The van der Waals surface area contributed by atoms with E-state index >= 15 is 0 Å². The molecule has 7 heteroatoms. The number of ether oxygens (including phenoxy) is 1. The zero-order valence-corrected chi connectivity index (χ0v) is 15.0. The highest BCUT2D eigenvalue weighted by molar-refractivity contribution is 5.74. The normalized spacial score (nSPS) is 11.9. The number of rotatable bonds is 7. The first kappa shape index (κ1) is 18.8. The molecule has 0 bridgehead atoms. The Labute approximate surface area is 146 Å². The zero-order chi connectivity index (χ0) is 18.4. The third kappa shape index (κ3) is 4.29. The Kier molecular flexibility index (Phi) is 6.38. The first-order chi connectivity index (χ1) is 12.0. The van der Waals surface area contributed by atoms with Crippen LogP contribution in [0.5, 0.6) is 5.75 Å². The number of hydrogen-bond acceptors (Lipinski definition) is 4. The minimum Gasteiger partial charge on any atom is -0.496 e. The largest absolute Gasteiger partial charge is 0.496 e. The third-order valence-electron chi connectivity index (χ3n) is 4.05. The summed E-state index contributed by atoms with van der Waals surface area (Å²) in [4.78, 5) is 12.2. The number of methoxy groups -OCH3 is 1. The molecule has 2 aromatic rings. The fourth-order valence-electron chi connectivity index (χ4n) is 2.74. The number of aryl methyl sites for hydroxylation is 2. The van der Waals surface area contributed by atoms with Gasteiger partial charge in [-0.2, -0.15) is 0 Å². The first-order valence-electron chi connectivity index (χ1n) is 8.34. The molecule has 2 rings (SSSR count). The Morgan fingerprint density at radius 1 is 1.36 bits per heavy atom. The number of halogens is 1. The maximum absolute atomic E-state index is 14.1. The van der Waals surface area contributed by atoms with Gasteiger partial charge in [-0.15, -0.1) is 0 Å². The molecule has 6 nitrogen and oxygen atoms in total. The van der Waals surface area contributed by atoms with E-state index in [0.29, 0.717) is 24.3 Å². The Bertz CT molecular complexity index is 709. The van der Waals surface area contributed by atoms with Crippen LogP contribution >= 0.6 is 0 Å². The second kappa shape index (κ2) is 8.50. The monoisotopic (exact) mass is 349 g/mol. The highest BCUT2D eigenvalue weighted by atomic mass is 19.1. The van der Waals surface area contributed by atoms with E-state index < -0.39 is 17.9 Å². The summed E-state index contributed by atoms with van der Waals surface area (Å²) in [5.74, 6) is 0.738. The van der Waals surface area contributed by atoms with Crippen molar-refractivity contribution in [1.29, 1.82) is 0 Å². The van der Waals surface area contributed by atoms with E-state index in [-0.39, 0.29) is 0 Å². The van der Waals surface area contributed by atoms with E-state index in [1.54, 1.807) is 19.1 Å². The number of carbonyl (C=O) groups excluding carboxylic acids is 1. The SMILES string of the molecule is CCc1noc(CC)c1CNC(=O)N[C@H](C)c1c(F)cccc1OC. The molecule has 1 aromatic carbocycles. The van der Waals surface area contributed by atoms with Crippen molar-refractivity contribution in [3.8, 4) is 5.75 Å². The first-order valence-corrected chi connectivity index (χ1v) is 8.34. The fraction of sp³-hybridized carbons (Fsp3) is 0.444. The summed E-state index contributed by atoms with van der Waals surface area (Å²) in [7, 11) is 1.47. The summed E-state index contributed by atoms with van der Waals surface area (Å²) in [6, 6.07) is 3.62. The van der Waals surface area contributed by atoms with Crippen LogP contribution in [0.25, 0.3) is 0 Å². The van der Waals surface area contributed by atoms with Crippen LogP contribution < -0.4 is 15.4 Å². The predicted octanol–water partition coefficient (Wildman–Crippen LogP) is 3.51. The van der Waals surface area contributed by atoms with Crippen molar-refractivity contribution in [3.05, 3.63) is 46.6 Å². The van der Waals surface area contributed by atoms with Gasteiger partial charge in [0.1, 0.15) is 17.3 Å². The Hall–Kier alpha value is -2.57. The Morgan fingerprint density at radius 3 is 2.76 bits per heavy atom. The molecule has 0 saturated carbocycles. The number of carbonyl (C=O) groups is 1. The summed E-state index contributed by atoms with van der Waals surface area (Å²) < 4.78 is 24.5. The molecular weight excluding hydrogens is 325 g/mol. The smallest absolute Gasteiger partial charge is 0.315 e. The summed E-state index contributed by atoms with van der Waals surface area (Å²) in [6.07, 6.45) is 1.43. The van der Waals surface area contributed by atoms with Gasteiger partial charge in [0.15, 0.2) is 0 Å². The van der Waals surface area contributed by atoms with Gasteiger partial charge in [-0.05, 0) is 25.5 Å².